The molecule has 1 amide bonds. The van der Waals surface area contributed by atoms with Crippen LogP contribution < -0.4 is 10.6 Å². The molecule has 1 saturated carbocycles. The Bertz CT molecular complexity index is 416. The van der Waals surface area contributed by atoms with E-state index < -0.39 is 0 Å². The van der Waals surface area contributed by atoms with Gasteiger partial charge >= 0.3 is 0 Å². The second-order valence-electron chi connectivity index (χ2n) is 5.17. The number of anilines is 1. The highest BCUT2D eigenvalue weighted by molar-refractivity contribution is 5.98. The first-order valence-corrected chi connectivity index (χ1v) is 7.28. The maximum absolute atomic E-state index is 12.1. The molecule has 1 aromatic rings. The van der Waals surface area contributed by atoms with Gasteiger partial charge in [-0.15, -0.1) is 0 Å². The average molecular weight is 261 g/mol. The summed E-state index contributed by atoms with van der Waals surface area (Å²) in [5.74, 6) is 1.49. The van der Waals surface area contributed by atoms with E-state index in [9.17, 15) is 4.79 Å². The van der Waals surface area contributed by atoms with E-state index in [1.165, 1.54) is 19.3 Å². The lowest BCUT2D eigenvalue weighted by molar-refractivity contribution is 0.0949. The molecule has 1 heterocycles. The van der Waals surface area contributed by atoms with Crippen LogP contribution in [0.25, 0.3) is 0 Å². The van der Waals surface area contributed by atoms with Gasteiger partial charge in [0.1, 0.15) is 5.82 Å². The molecule has 0 saturated heterocycles. The Morgan fingerprint density at radius 3 is 2.95 bits per heavy atom. The van der Waals surface area contributed by atoms with Crippen molar-refractivity contribution in [2.45, 2.75) is 39.0 Å². The lowest BCUT2D eigenvalue weighted by atomic mass is 9.83. The summed E-state index contributed by atoms with van der Waals surface area (Å²) in [6.45, 7) is 3.69. The normalized spacial score (nSPS) is 14.8. The zero-order valence-corrected chi connectivity index (χ0v) is 11.6. The van der Waals surface area contributed by atoms with Crippen LogP contribution in [0.4, 0.5) is 5.82 Å². The van der Waals surface area contributed by atoms with E-state index in [0.29, 0.717) is 11.4 Å². The molecule has 104 valence electrons. The molecule has 0 bridgehead atoms. The second-order valence-corrected chi connectivity index (χ2v) is 5.17. The van der Waals surface area contributed by atoms with Crippen molar-refractivity contribution in [3.8, 4) is 0 Å². The topological polar surface area (TPSA) is 54.0 Å². The minimum atomic E-state index is -0.0222. The number of pyridine rings is 1. The molecule has 1 aliphatic rings. The first-order valence-electron chi connectivity index (χ1n) is 7.28. The van der Waals surface area contributed by atoms with Crippen LogP contribution in [-0.4, -0.2) is 24.0 Å². The molecular weight excluding hydrogens is 238 g/mol. The van der Waals surface area contributed by atoms with Crippen LogP contribution in [-0.2, 0) is 0 Å². The maximum atomic E-state index is 12.1. The summed E-state index contributed by atoms with van der Waals surface area (Å²) in [6.07, 6.45) is 7.83. The largest absolute Gasteiger partial charge is 0.369 e. The fourth-order valence-corrected chi connectivity index (χ4v) is 2.24. The van der Waals surface area contributed by atoms with Crippen molar-refractivity contribution in [3.63, 3.8) is 0 Å². The average Bonchev–Trinajstić information content (AvgIpc) is 2.39. The van der Waals surface area contributed by atoms with Gasteiger partial charge in [0.15, 0.2) is 0 Å². The zero-order valence-electron chi connectivity index (χ0n) is 11.6. The van der Waals surface area contributed by atoms with Crippen molar-refractivity contribution in [3.05, 3.63) is 23.9 Å². The number of nitrogens with zero attached hydrogens (tertiary/aromatic N) is 1. The Labute approximate surface area is 115 Å². The Morgan fingerprint density at radius 2 is 2.26 bits per heavy atom. The van der Waals surface area contributed by atoms with Crippen molar-refractivity contribution >= 4 is 11.7 Å². The van der Waals surface area contributed by atoms with E-state index >= 15 is 0 Å². The van der Waals surface area contributed by atoms with Gasteiger partial charge in [-0.25, -0.2) is 4.98 Å². The molecule has 0 unspecified atom stereocenters. The Hall–Kier alpha value is -1.58. The van der Waals surface area contributed by atoms with E-state index in [2.05, 4.69) is 22.5 Å². The highest BCUT2D eigenvalue weighted by atomic mass is 16.1. The van der Waals surface area contributed by atoms with Gasteiger partial charge in [0.05, 0.1) is 5.56 Å². The summed E-state index contributed by atoms with van der Waals surface area (Å²) >= 11 is 0. The number of rotatable bonds is 7. The molecule has 0 radical (unpaired) electrons. The first-order chi connectivity index (χ1) is 9.31. The Morgan fingerprint density at radius 1 is 1.42 bits per heavy atom. The van der Waals surface area contributed by atoms with Gasteiger partial charge in [0.25, 0.3) is 5.91 Å². The smallest absolute Gasteiger partial charge is 0.255 e. The molecule has 4 heteroatoms. The number of nitrogens with one attached hydrogen (secondary N) is 2. The third kappa shape index (κ3) is 3.94. The molecule has 2 rings (SSSR count). The quantitative estimate of drug-likeness (QED) is 0.793. The molecule has 0 aromatic carbocycles. The van der Waals surface area contributed by atoms with Crippen LogP contribution in [0.5, 0.6) is 0 Å². The summed E-state index contributed by atoms with van der Waals surface area (Å²) in [4.78, 5) is 16.4. The van der Waals surface area contributed by atoms with E-state index in [0.717, 1.165) is 31.8 Å². The third-order valence-corrected chi connectivity index (χ3v) is 3.66. The highest BCUT2D eigenvalue weighted by Gasteiger charge is 2.17. The fraction of sp³-hybridized carbons (Fsp3) is 0.600. The van der Waals surface area contributed by atoms with Crippen LogP contribution in [0, 0.1) is 5.92 Å². The zero-order chi connectivity index (χ0) is 13.5. The lowest BCUT2D eigenvalue weighted by Gasteiger charge is -2.25. The van der Waals surface area contributed by atoms with Gasteiger partial charge in [-0.2, -0.15) is 0 Å². The molecule has 1 fully saturated rings. The molecule has 1 aromatic heterocycles. The Balaban J connectivity index is 1.85. The van der Waals surface area contributed by atoms with Gasteiger partial charge in [0, 0.05) is 19.3 Å². The van der Waals surface area contributed by atoms with Gasteiger partial charge in [-0.05, 0) is 30.9 Å². The molecule has 4 nitrogen and oxygen atoms in total. The van der Waals surface area contributed by atoms with E-state index in [4.69, 9.17) is 0 Å². The summed E-state index contributed by atoms with van der Waals surface area (Å²) in [5.41, 5.74) is 0.643. The fourth-order valence-electron chi connectivity index (χ4n) is 2.24. The number of carbonyl (C=O) groups excluding carboxylic acids is 1. The molecule has 0 spiro atoms. The summed E-state index contributed by atoms with van der Waals surface area (Å²) < 4.78 is 0. The monoisotopic (exact) mass is 261 g/mol. The van der Waals surface area contributed by atoms with Crippen LogP contribution in [0.2, 0.25) is 0 Å². The minimum absolute atomic E-state index is 0.0222. The van der Waals surface area contributed by atoms with Crippen LogP contribution in [0.15, 0.2) is 18.3 Å². The number of aromatic nitrogens is 1. The van der Waals surface area contributed by atoms with Crippen molar-refractivity contribution in [2.24, 2.45) is 5.92 Å². The van der Waals surface area contributed by atoms with Crippen molar-refractivity contribution in [1.29, 1.82) is 0 Å². The standard InChI is InChI=1S/C15H23N3O/c1-2-9-16-14-13(7-4-10-17-14)15(19)18-11-8-12-5-3-6-12/h4,7,10,12H,2-3,5-6,8-9,11H2,1H3,(H,16,17)(H,18,19). The third-order valence-electron chi connectivity index (χ3n) is 3.66. The highest BCUT2D eigenvalue weighted by Crippen LogP contribution is 2.28. The molecule has 0 atom stereocenters. The van der Waals surface area contributed by atoms with Gasteiger partial charge in [0.2, 0.25) is 0 Å². The van der Waals surface area contributed by atoms with Crippen LogP contribution in [0.1, 0.15) is 49.4 Å². The molecule has 19 heavy (non-hydrogen) atoms. The van der Waals surface area contributed by atoms with Gasteiger partial charge in [-0.3, -0.25) is 4.79 Å². The van der Waals surface area contributed by atoms with Gasteiger partial charge < -0.3 is 10.6 Å². The predicted molar refractivity (Wildman–Crippen MR) is 77.3 cm³/mol. The lowest BCUT2D eigenvalue weighted by Crippen LogP contribution is -2.28. The molecular formula is C15H23N3O. The summed E-state index contributed by atoms with van der Waals surface area (Å²) in [6, 6.07) is 3.63. The SMILES string of the molecule is CCCNc1ncccc1C(=O)NCCC1CCC1. The van der Waals surface area contributed by atoms with Crippen molar-refractivity contribution in [2.75, 3.05) is 18.4 Å². The van der Waals surface area contributed by atoms with Gasteiger partial charge in [-0.1, -0.05) is 26.2 Å². The predicted octanol–water partition coefficient (Wildman–Crippen LogP) is 2.82. The Kier molecular flexibility index (Phi) is 5.19. The summed E-state index contributed by atoms with van der Waals surface area (Å²) in [5, 5.41) is 6.19. The van der Waals surface area contributed by atoms with Crippen molar-refractivity contribution in [1.82, 2.24) is 10.3 Å². The molecule has 1 aliphatic carbocycles. The maximum Gasteiger partial charge on any atom is 0.255 e. The molecule has 0 aliphatic heterocycles. The number of amides is 1. The number of carbonyl (C=O) groups is 1. The number of hydrogen-bond donors (Lipinski definition) is 2. The second kappa shape index (κ2) is 7.12. The van der Waals surface area contributed by atoms with E-state index in [-0.39, 0.29) is 5.91 Å². The van der Waals surface area contributed by atoms with E-state index in [1.54, 1.807) is 12.3 Å². The van der Waals surface area contributed by atoms with Crippen molar-refractivity contribution < 1.29 is 4.79 Å². The van der Waals surface area contributed by atoms with E-state index in [1.807, 2.05) is 6.07 Å². The first kappa shape index (κ1) is 13.8. The van der Waals surface area contributed by atoms with Crippen LogP contribution >= 0.6 is 0 Å². The number of hydrogen-bond acceptors (Lipinski definition) is 3. The molecule has 2 N–H and O–H groups in total. The summed E-state index contributed by atoms with van der Waals surface area (Å²) in [7, 11) is 0. The minimum Gasteiger partial charge on any atom is -0.369 e. The van der Waals surface area contributed by atoms with Crippen LogP contribution in [0.3, 0.4) is 0 Å².